The number of aromatic nitrogens is 3. The first kappa shape index (κ1) is 16.7. The molecule has 1 amide bonds. The van der Waals surface area contributed by atoms with E-state index in [2.05, 4.69) is 10.4 Å². The maximum atomic E-state index is 12.1. The Balaban J connectivity index is 2.21. The number of hydrogen-bond acceptors (Lipinski definition) is 5. The van der Waals surface area contributed by atoms with E-state index in [1.54, 1.807) is 31.4 Å². The second-order valence-corrected chi connectivity index (χ2v) is 5.98. The molecule has 0 radical (unpaired) electrons. The summed E-state index contributed by atoms with van der Waals surface area (Å²) in [6, 6.07) is 3.94. The third kappa shape index (κ3) is 3.23. The molecule has 0 saturated carbocycles. The number of rotatable bonds is 3. The van der Waals surface area contributed by atoms with Crippen LogP contribution >= 0.6 is 35.0 Å². The van der Waals surface area contributed by atoms with Gasteiger partial charge < -0.3 is 11.2 Å². The highest BCUT2D eigenvalue weighted by atomic mass is 35.5. The number of benzene rings is 1. The van der Waals surface area contributed by atoms with Gasteiger partial charge in [0.15, 0.2) is 0 Å². The van der Waals surface area contributed by atoms with Crippen molar-refractivity contribution in [3.05, 3.63) is 44.3 Å². The van der Waals surface area contributed by atoms with E-state index in [4.69, 9.17) is 29.0 Å². The van der Waals surface area contributed by atoms with Crippen molar-refractivity contribution in [2.45, 2.75) is 18.1 Å². The molecule has 3 N–H and O–H groups in total. The van der Waals surface area contributed by atoms with Crippen molar-refractivity contribution in [2.75, 3.05) is 12.1 Å². The molecule has 0 fully saturated rings. The molecule has 1 aromatic carbocycles. The van der Waals surface area contributed by atoms with Gasteiger partial charge in [-0.25, -0.2) is 9.59 Å². The van der Waals surface area contributed by atoms with Crippen LogP contribution in [0.3, 0.4) is 0 Å². The minimum Gasteiger partial charge on any atom is -0.333 e. The van der Waals surface area contributed by atoms with E-state index in [-0.39, 0.29) is 5.16 Å². The average molecular weight is 362 g/mol. The lowest BCUT2D eigenvalue weighted by Crippen LogP contribution is -2.40. The molecule has 0 saturated heterocycles. The van der Waals surface area contributed by atoms with E-state index in [0.717, 1.165) is 22.0 Å². The number of carbonyl (C=O) groups excluding carboxylic acids is 1. The molecule has 7 nitrogen and oxygen atoms in total. The first-order chi connectivity index (χ1) is 10.3. The molecule has 0 spiro atoms. The van der Waals surface area contributed by atoms with Gasteiger partial charge >= 0.3 is 11.7 Å². The molecule has 118 valence electrons. The molecule has 0 aliphatic heterocycles. The standard InChI is InChI=1S/C12H13Cl2N5O2S/c1-6(7-3-4-8(13)9(14)5-7)16-10(20)19-12(21)18(15)11(17-19)22-2/h3-6H,15H2,1-2H3,(H,16,20). The number of nitrogens with zero attached hydrogens (tertiary/aromatic N) is 3. The molecule has 0 aliphatic carbocycles. The van der Waals surface area contributed by atoms with Crippen LogP contribution < -0.4 is 16.8 Å². The Labute approximate surface area is 140 Å². The number of thioether (sulfide) groups is 1. The summed E-state index contributed by atoms with van der Waals surface area (Å²) in [6.07, 6.45) is 1.70. The molecule has 1 unspecified atom stereocenters. The fourth-order valence-electron chi connectivity index (χ4n) is 1.74. The summed E-state index contributed by atoms with van der Waals surface area (Å²) in [4.78, 5) is 24.0. The number of nitrogen functional groups attached to an aromatic ring is 1. The Morgan fingerprint density at radius 3 is 2.64 bits per heavy atom. The van der Waals surface area contributed by atoms with Gasteiger partial charge in [-0.05, 0) is 30.9 Å². The van der Waals surface area contributed by atoms with Crippen molar-refractivity contribution in [1.29, 1.82) is 0 Å². The predicted molar refractivity (Wildman–Crippen MR) is 87.2 cm³/mol. The van der Waals surface area contributed by atoms with Crippen molar-refractivity contribution < 1.29 is 4.79 Å². The number of halogens is 2. The summed E-state index contributed by atoms with van der Waals surface area (Å²) in [5.41, 5.74) is 0.0243. The quantitative estimate of drug-likeness (QED) is 0.644. The minimum absolute atomic E-state index is 0.238. The van der Waals surface area contributed by atoms with Gasteiger partial charge in [0.1, 0.15) is 0 Å². The summed E-state index contributed by atoms with van der Waals surface area (Å²) in [7, 11) is 0. The summed E-state index contributed by atoms with van der Waals surface area (Å²) in [5.74, 6) is 5.52. The SMILES string of the molecule is CSc1nn(C(=O)NC(C)c2ccc(Cl)c(Cl)c2)c(=O)n1N. The predicted octanol–water partition coefficient (Wildman–Crippen LogP) is 2.11. The van der Waals surface area contributed by atoms with Gasteiger partial charge in [-0.2, -0.15) is 4.68 Å². The normalized spacial score (nSPS) is 12.2. The van der Waals surface area contributed by atoms with Crippen molar-refractivity contribution in [2.24, 2.45) is 0 Å². The zero-order valence-corrected chi connectivity index (χ0v) is 14.0. The van der Waals surface area contributed by atoms with Crippen LogP contribution in [0.15, 0.2) is 28.2 Å². The number of carbonyl (C=O) groups is 1. The van der Waals surface area contributed by atoms with E-state index in [1.807, 2.05) is 0 Å². The maximum Gasteiger partial charge on any atom is 0.374 e. The lowest BCUT2D eigenvalue weighted by Gasteiger charge is -2.14. The van der Waals surface area contributed by atoms with E-state index >= 15 is 0 Å². The molecule has 0 aliphatic rings. The van der Waals surface area contributed by atoms with Gasteiger partial charge in [0.2, 0.25) is 5.16 Å². The van der Waals surface area contributed by atoms with Crippen LogP contribution in [0, 0.1) is 0 Å². The Bertz CT molecular complexity index is 773. The molecule has 0 bridgehead atoms. The zero-order chi connectivity index (χ0) is 16.4. The van der Waals surface area contributed by atoms with E-state index in [9.17, 15) is 9.59 Å². The second-order valence-electron chi connectivity index (χ2n) is 4.40. The Morgan fingerprint density at radius 1 is 1.41 bits per heavy atom. The van der Waals surface area contributed by atoms with Gasteiger partial charge in [-0.3, -0.25) is 0 Å². The highest BCUT2D eigenvalue weighted by molar-refractivity contribution is 7.98. The second kappa shape index (κ2) is 6.64. The van der Waals surface area contributed by atoms with Crippen LogP contribution in [0.5, 0.6) is 0 Å². The van der Waals surface area contributed by atoms with E-state index < -0.39 is 17.8 Å². The lowest BCUT2D eigenvalue weighted by atomic mass is 10.1. The van der Waals surface area contributed by atoms with Crippen molar-refractivity contribution in [3.63, 3.8) is 0 Å². The summed E-state index contributed by atoms with van der Waals surface area (Å²) >= 11 is 13.0. The Hall–Kier alpha value is -1.64. The minimum atomic E-state index is -0.719. The average Bonchev–Trinajstić information content (AvgIpc) is 2.77. The van der Waals surface area contributed by atoms with Crippen molar-refractivity contribution >= 4 is 41.0 Å². The van der Waals surface area contributed by atoms with Gasteiger partial charge in [0.25, 0.3) is 0 Å². The summed E-state index contributed by atoms with van der Waals surface area (Å²) in [5, 5.41) is 7.54. The number of nitrogens with two attached hydrogens (primary N) is 1. The van der Waals surface area contributed by atoms with Gasteiger partial charge in [0.05, 0.1) is 16.1 Å². The highest BCUT2D eigenvalue weighted by Crippen LogP contribution is 2.25. The first-order valence-electron chi connectivity index (χ1n) is 6.12. The van der Waals surface area contributed by atoms with Crippen LogP contribution in [0.4, 0.5) is 4.79 Å². The number of hydrogen-bond donors (Lipinski definition) is 2. The van der Waals surface area contributed by atoms with Gasteiger partial charge in [-0.15, -0.1) is 9.78 Å². The molecular formula is C12H13Cl2N5O2S. The molecule has 1 aromatic heterocycles. The first-order valence-corrected chi connectivity index (χ1v) is 8.10. The Morgan fingerprint density at radius 2 is 2.09 bits per heavy atom. The number of nitrogens with one attached hydrogen (secondary N) is 1. The van der Waals surface area contributed by atoms with Crippen molar-refractivity contribution in [3.8, 4) is 0 Å². The van der Waals surface area contributed by atoms with Crippen LogP contribution in [-0.2, 0) is 0 Å². The highest BCUT2D eigenvalue weighted by Gasteiger charge is 2.18. The monoisotopic (exact) mass is 361 g/mol. The lowest BCUT2D eigenvalue weighted by molar-refractivity contribution is 0.235. The van der Waals surface area contributed by atoms with Crippen LogP contribution in [0.2, 0.25) is 10.0 Å². The molecule has 2 rings (SSSR count). The molecular weight excluding hydrogens is 349 g/mol. The molecule has 2 aromatic rings. The summed E-state index contributed by atoms with van der Waals surface area (Å²) in [6.45, 7) is 1.75. The smallest absolute Gasteiger partial charge is 0.333 e. The van der Waals surface area contributed by atoms with Crippen LogP contribution in [0.25, 0.3) is 0 Å². The number of amides is 1. The maximum absolute atomic E-state index is 12.1. The zero-order valence-electron chi connectivity index (χ0n) is 11.7. The van der Waals surface area contributed by atoms with Crippen LogP contribution in [0.1, 0.15) is 18.5 Å². The van der Waals surface area contributed by atoms with E-state index in [0.29, 0.717) is 14.7 Å². The largest absolute Gasteiger partial charge is 0.374 e. The van der Waals surface area contributed by atoms with E-state index in [1.165, 1.54) is 0 Å². The summed E-state index contributed by atoms with van der Waals surface area (Å²) < 4.78 is 1.49. The van der Waals surface area contributed by atoms with Gasteiger partial charge in [-0.1, -0.05) is 41.0 Å². The molecule has 10 heteroatoms. The van der Waals surface area contributed by atoms with Gasteiger partial charge in [0, 0.05) is 0 Å². The topological polar surface area (TPSA) is 94.9 Å². The molecule has 1 atom stereocenters. The fraction of sp³-hybridized carbons (Fsp3) is 0.250. The molecule has 1 heterocycles. The third-order valence-corrected chi connectivity index (χ3v) is 4.32. The van der Waals surface area contributed by atoms with Crippen LogP contribution in [-0.4, -0.2) is 26.7 Å². The van der Waals surface area contributed by atoms with Crippen molar-refractivity contribution in [1.82, 2.24) is 19.8 Å². The Kier molecular flexibility index (Phi) is 5.05. The molecule has 22 heavy (non-hydrogen) atoms. The fourth-order valence-corrected chi connectivity index (χ4v) is 2.49. The third-order valence-electron chi connectivity index (χ3n) is 2.94.